The number of para-hydroxylation sites is 2. The molecule has 0 bridgehead atoms. The number of nitrogens with zero attached hydrogens (tertiary/aromatic N) is 3. The summed E-state index contributed by atoms with van der Waals surface area (Å²) in [6, 6.07) is 8.00. The minimum Gasteiger partial charge on any atom is -0.358 e. The van der Waals surface area contributed by atoms with Crippen LogP contribution < -0.4 is 10.2 Å². The van der Waals surface area contributed by atoms with Crippen LogP contribution in [0.25, 0.3) is 11.0 Å². The van der Waals surface area contributed by atoms with Gasteiger partial charge in [0.15, 0.2) is 0 Å². The smallest absolute Gasteiger partial charge is 0.147 e. The van der Waals surface area contributed by atoms with E-state index < -0.39 is 0 Å². The highest BCUT2D eigenvalue weighted by molar-refractivity contribution is 5.85. The molecule has 2 aromatic rings. The summed E-state index contributed by atoms with van der Waals surface area (Å²) in [5.74, 6) is 1.68. The molecule has 3 rings (SSSR count). The molecule has 1 unspecified atom stereocenters. The van der Waals surface area contributed by atoms with E-state index in [9.17, 15) is 0 Å². The van der Waals surface area contributed by atoms with E-state index in [1.54, 1.807) is 0 Å². The van der Waals surface area contributed by atoms with Gasteiger partial charge in [-0.15, -0.1) is 12.4 Å². The van der Waals surface area contributed by atoms with Gasteiger partial charge in [-0.3, -0.25) is 4.98 Å². The van der Waals surface area contributed by atoms with Crippen molar-refractivity contribution in [2.45, 2.75) is 6.42 Å². The van der Waals surface area contributed by atoms with Crippen molar-refractivity contribution in [3.05, 3.63) is 30.5 Å². The van der Waals surface area contributed by atoms with Gasteiger partial charge in [0, 0.05) is 13.6 Å². The molecule has 1 aromatic heterocycles. The van der Waals surface area contributed by atoms with Crippen LogP contribution in [0.5, 0.6) is 0 Å². The van der Waals surface area contributed by atoms with E-state index in [4.69, 9.17) is 0 Å². The maximum Gasteiger partial charge on any atom is 0.147 e. The quantitative estimate of drug-likeness (QED) is 0.934. The Morgan fingerprint density at radius 3 is 2.84 bits per heavy atom. The lowest BCUT2D eigenvalue weighted by Gasteiger charge is -2.21. The number of nitrogens with one attached hydrogen (secondary N) is 1. The van der Waals surface area contributed by atoms with Crippen molar-refractivity contribution in [1.82, 2.24) is 15.3 Å². The summed E-state index contributed by atoms with van der Waals surface area (Å²) in [5.41, 5.74) is 1.92. The van der Waals surface area contributed by atoms with Gasteiger partial charge in [0.1, 0.15) is 5.82 Å². The third-order valence-electron chi connectivity index (χ3n) is 3.52. The largest absolute Gasteiger partial charge is 0.358 e. The van der Waals surface area contributed by atoms with Crippen LogP contribution in [0.15, 0.2) is 30.5 Å². The lowest BCUT2D eigenvalue weighted by atomic mass is 10.1. The van der Waals surface area contributed by atoms with Gasteiger partial charge in [0.2, 0.25) is 0 Å². The van der Waals surface area contributed by atoms with E-state index >= 15 is 0 Å². The summed E-state index contributed by atoms with van der Waals surface area (Å²) in [7, 11) is 2.09. The highest BCUT2D eigenvalue weighted by Gasteiger charge is 2.17. The summed E-state index contributed by atoms with van der Waals surface area (Å²) >= 11 is 0. The van der Waals surface area contributed by atoms with Crippen molar-refractivity contribution in [1.29, 1.82) is 0 Å². The van der Waals surface area contributed by atoms with Gasteiger partial charge < -0.3 is 10.2 Å². The van der Waals surface area contributed by atoms with E-state index in [0.29, 0.717) is 0 Å². The summed E-state index contributed by atoms with van der Waals surface area (Å²) in [4.78, 5) is 11.3. The molecule has 0 amide bonds. The molecule has 0 aliphatic carbocycles. The summed E-state index contributed by atoms with van der Waals surface area (Å²) in [6.07, 6.45) is 3.12. The molecule has 0 spiro atoms. The highest BCUT2D eigenvalue weighted by atomic mass is 35.5. The van der Waals surface area contributed by atoms with Crippen LogP contribution in [-0.2, 0) is 0 Å². The topological polar surface area (TPSA) is 41.0 Å². The van der Waals surface area contributed by atoms with Crippen LogP contribution in [0, 0.1) is 5.92 Å². The Labute approximate surface area is 119 Å². The number of aromatic nitrogens is 2. The van der Waals surface area contributed by atoms with Crippen LogP contribution in [0.4, 0.5) is 5.82 Å². The van der Waals surface area contributed by atoms with Crippen molar-refractivity contribution >= 4 is 29.3 Å². The van der Waals surface area contributed by atoms with Crippen molar-refractivity contribution in [3.8, 4) is 0 Å². The monoisotopic (exact) mass is 278 g/mol. The standard InChI is InChI=1S/C14H18N4.ClH/c1-18(10-11-6-7-15-8-11)14-9-16-12-4-2-3-5-13(12)17-14;/h2-5,9,11,15H,6-8,10H2,1H3;1H. The van der Waals surface area contributed by atoms with Gasteiger partial charge in [0.05, 0.1) is 17.2 Å². The summed E-state index contributed by atoms with van der Waals surface area (Å²) in [6.45, 7) is 3.30. The number of anilines is 1. The first-order valence-corrected chi connectivity index (χ1v) is 6.46. The van der Waals surface area contributed by atoms with Gasteiger partial charge in [-0.05, 0) is 37.6 Å². The lowest BCUT2D eigenvalue weighted by Crippen LogP contribution is -2.27. The molecular formula is C14H19ClN4. The molecule has 19 heavy (non-hydrogen) atoms. The number of halogens is 1. The van der Waals surface area contributed by atoms with Gasteiger partial charge >= 0.3 is 0 Å². The zero-order chi connectivity index (χ0) is 12.4. The molecule has 1 N–H and O–H groups in total. The van der Waals surface area contributed by atoms with E-state index in [1.807, 2.05) is 30.5 Å². The Balaban J connectivity index is 0.00000133. The second-order valence-electron chi connectivity index (χ2n) is 4.96. The molecule has 1 aromatic carbocycles. The van der Waals surface area contributed by atoms with Crippen molar-refractivity contribution in [3.63, 3.8) is 0 Å². The van der Waals surface area contributed by atoms with Crippen molar-refractivity contribution in [2.75, 3.05) is 31.6 Å². The third kappa shape index (κ3) is 3.14. The van der Waals surface area contributed by atoms with E-state index in [-0.39, 0.29) is 12.4 Å². The third-order valence-corrected chi connectivity index (χ3v) is 3.52. The van der Waals surface area contributed by atoms with Gasteiger partial charge in [-0.2, -0.15) is 0 Å². The van der Waals surface area contributed by atoms with Gasteiger partial charge in [-0.1, -0.05) is 12.1 Å². The predicted molar refractivity (Wildman–Crippen MR) is 81.0 cm³/mol. The predicted octanol–water partition coefficient (Wildman–Crippen LogP) is 2.10. The molecule has 2 heterocycles. The Kier molecular flexibility index (Phi) is 4.56. The molecule has 4 nitrogen and oxygen atoms in total. The van der Waals surface area contributed by atoms with Crippen molar-refractivity contribution in [2.24, 2.45) is 5.92 Å². The summed E-state index contributed by atoms with van der Waals surface area (Å²) in [5, 5.41) is 3.40. The number of rotatable bonds is 3. The minimum atomic E-state index is 0. The Hall–Kier alpha value is -1.39. The number of hydrogen-bond acceptors (Lipinski definition) is 4. The molecule has 1 fully saturated rings. The molecule has 1 aliphatic rings. The molecule has 1 aliphatic heterocycles. The Morgan fingerprint density at radius 2 is 2.11 bits per heavy atom. The SMILES string of the molecule is CN(CC1CCNC1)c1cnc2ccccc2n1.Cl. The molecule has 0 saturated carbocycles. The van der Waals surface area contributed by atoms with E-state index in [1.165, 1.54) is 6.42 Å². The second kappa shape index (κ2) is 6.17. The summed E-state index contributed by atoms with van der Waals surface area (Å²) < 4.78 is 0. The average molecular weight is 279 g/mol. The maximum atomic E-state index is 4.66. The van der Waals surface area contributed by atoms with E-state index in [2.05, 4.69) is 27.2 Å². The zero-order valence-corrected chi connectivity index (χ0v) is 11.9. The highest BCUT2D eigenvalue weighted by Crippen LogP contribution is 2.17. The normalized spacial score (nSPS) is 18.3. The number of hydrogen-bond donors (Lipinski definition) is 1. The first-order valence-electron chi connectivity index (χ1n) is 6.46. The van der Waals surface area contributed by atoms with Crippen LogP contribution in [0.2, 0.25) is 0 Å². The molecule has 1 atom stereocenters. The number of fused-ring (bicyclic) bond motifs is 1. The van der Waals surface area contributed by atoms with Gasteiger partial charge in [0.25, 0.3) is 0 Å². The fourth-order valence-electron chi connectivity index (χ4n) is 2.48. The maximum absolute atomic E-state index is 4.66. The first-order chi connectivity index (χ1) is 8.83. The molecule has 1 saturated heterocycles. The van der Waals surface area contributed by atoms with Gasteiger partial charge in [-0.25, -0.2) is 4.98 Å². The van der Waals surface area contributed by atoms with Crippen molar-refractivity contribution < 1.29 is 0 Å². The Morgan fingerprint density at radius 1 is 1.32 bits per heavy atom. The molecule has 0 radical (unpaired) electrons. The van der Waals surface area contributed by atoms with E-state index in [0.717, 1.165) is 42.4 Å². The molecule has 5 heteroatoms. The minimum absolute atomic E-state index is 0. The van der Waals surface area contributed by atoms with Crippen LogP contribution in [0.3, 0.4) is 0 Å². The first kappa shape index (κ1) is 14.0. The zero-order valence-electron chi connectivity index (χ0n) is 11.0. The lowest BCUT2D eigenvalue weighted by molar-refractivity contribution is 0.576. The molecule has 102 valence electrons. The fraction of sp³-hybridized carbons (Fsp3) is 0.429. The number of benzene rings is 1. The second-order valence-corrected chi connectivity index (χ2v) is 4.96. The van der Waals surface area contributed by atoms with Crippen LogP contribution in [-0.4, -0.2) is 36.6 Å². The Bertz CT molecular complexity index is 540. The van der Waals surface area contributed by atoms with Crippen LogP contribution >= 0.6 is 12.4 Å². The average Bonchev–Trinajstić information content (AvgIpc) is 2.91. The fourth-order valence-corrected chi connectivity index (χ4v) is 2.48. The van der Waals surface area contributed by atoms with Crippen LogP contribution in [0.1, 0.15) is 6.42 Å². The molecular weight excluding hydrogens is 260 g/mol.